The van der Waals surface area contributed by atoms with Crippen LogP contribution < -0.4 is 9.47 Å². The van der Waals surface area contributed by atoms with Crippen molar-refractivity contribution < 1.29 is 19.7 Å². The Bertz CT molecular complexity index is 1350. The van der Waals surface area contributed by atoms with E-state index in [1.807, 2.05) is 71.5 Å². The van der Waals surface area contributed by atoms with Crippen LogP contribution in [0.4, 0.5) is 0 Å². The summed E-state index contributed by atoms with van der Waals surface area (Å²) in [5, 5.41) is 21.0. The Balaban J connectivity index is 1.11. The van der Waals surface area contributed by atoms with Crippen LogP contribution in [0.5, 0.6) is 11.5 Å². The monoisotopic (exact) mass is 486 g/mol. The van der Waals surface area contributed by atoms with Crippen molar-refractivity contribution in [1.29, 1.82) is 0 Å². The van der Waals surface area contributed by atoms with E-state index < -0.39 is 12.2 Å². The Kier molecular flexibility index (Phi) is 6.88. The number of aliphatic hydroxyl groups excluding tert-OH is 2. The third kappa shape index (κ3) is 5.19. The van der Waals surface area contributed by atoms with Gasteiger partial charge in [0.2, 0.25) is 0 Å². The van der Waals surface area contributed by atoms with Gasteiger partial charge in [0.1, 0.15) is 48.6 Å². The van der Waals surface area contributed by atoms with Crippen molar-refractivity contribution >= 4 is 22.1 Å². The molecule has 8 heteroatoms. The number of rotatable bonds is 10. The van der Waals surface area contributed by atoms with Gasteiger partial charge >= 0.3 is 0 Å². The van der Waals surface area contributed by atoms with Gasteiger partial charge < -0.3 is 28.8 Å². The zero-order valence-electron chi connectivity index (χ0n) is 20.4. The maximum absolute atomic E-state index is 10.5. The highest BCUT2D eigenvalue weighted by atomic mass is 16.5. The van der Waals surface area contributed by atoms with Gasteiger partial charge in [-0.25, -0.2) is 9.97 Å². The molecule has 2 atom stereocenters. The van der Waals surface area contributed by atoms with E-state index in [9.17, 15) is 10.2 Å². The molecule has 0 aliphatic carbocycles. The molecule has 186 valence electrons. The fraction of sp³-hybridized carbons (Fsp3) is 0.286. The van der Waals surface area contributed by atoms with Crippen LogP contribution in [0.1, 0.15) is 11.6 Å². The number of ether oxygens (including phenoxy) is 2. The standard InChI is InChI=1S/C28H30N4O4/c1-19-29-25-7-3-5-9-27(25)31(19)15-21(33)17-35-23-11-13-24(14-12-23)36-18-22(34)16-32-20(2)30-26-8-4-6-10-28(26)32/h3-14,21-22,33-34H,15-18H2,1-2H3/t21-,22-/m0/s1. The summed E-state index contributed by atoms with van der Waals surface area (Å²) in [6.07, 6.45) is -1.37. The lowest BCUT2D eigenvalue weighted by Crippen LogP contribution is -2.24. The predicted octanol–water partition coefficient (Wildman–Crippen LogP) is 3.88. The molecule has 0 aliphatic heterocycles. The molecule has 2 N–H and O–H groups in total. The largest absolute Gasteiger partial charge is 0.491 e. The molecule has 0 saturated heterocycles. The lowest BCUT2D eigenvalue weighted by molar-refractivity contribution is 0.0911. The van der Waals surface area contributed by atoms with Gasteiger partial charge in [0, 0.05) is 0 Å². The summed E-state index contributed by atoms with van der Waals surface area (Å²) >= 11 is 0. The first-order valence-corrected chi connectivity index (χ1v) is 12.0. The van der Waals surface area contributed by atoms with Gasteiger partial charge in [-0.1, -0.05) is 24.3 Å². The number of fused-ring (bicyclic) bond motifs is 2. The maximum atomic E-state index is 10.5. The average molecular weight is 487 g/mol. The minimum atomic E-state index is -0.685. The van der Waals surface area contributed by atoms with Crippen molar-refractivity contribution in [1.82, 2.24) is 19.1 Å². The first kappa shape index (κ1) is 23.8. The molecule has 3 aromatic carbocycles. The number of hydrogen-bond donors (Lipinski definition) is 2. The van der Waals surface area contributed by atoms with E-state index in [2.05, 4.69) is 9.97 Å². The normalized spacial score (nSPS) is 13.2. The first-order valence-electron chi connectivity index (χ1n) is 12.0. The number of aryl methyl sites for hydroxylation is 2. The quantitative estimate of drug-likeness (QED) is 0.311. The summed E-state index contributed by atoms with van der Waals surface area (Å²) in [4.78, 5) is 9.07. The van der Waals surface area contributed by atoms with Crippen LogP contribution in [0.15, 0.2) is 72.8 Å². The Hall–Kier alpha value is -3.88. The molecule has 0 amide bonds. The Morgan fingerprint density at radius 1 is 0.639 bits per heavy atom. The molecule has 0 fully saturated rings. The summed E-state index contributed by atoms with van der Waals surface area (Å²) in [6.45, 7) is 4.98. The molecule has 2 aromatic heterocycles. The second-order valence-electron chi connectivity index (χ2n) is 8.92. The zero-order chi connectivity index (χ0) is 25.1. The minimum absolute atomic E-state index is 0.156. The third-order valence-corrected chi connectivity index (χ3v) is 6.19. The smallest absolute Gasteiger partial charge is 0.119 e. The van der Waals surface area contributed by atoms with E-state index in [0.717, 1.165) is 33.7 Å². The number of aliphatic hydroxyl groups is 2. The molecule has 36 heavy (non-hydrogen) atoms. The van der Waals surface area contributed by atoms with E-state index in [1.165, 1.54) is 0 Å². The summed E-state index contributed by atoms with van der Waals surface area (Å²) in [5.74, 6) is 2.98. The van der Waals surface area contributed by atoms with E-state index >= 15 is 0 Å². The Morgan fingerprint density at radius 3 is 1.44 bits per heavy atom. The van der Waals surface area contributed by atoms with Crippen molar-refractivity contribution in [2.24, 2.45) is 0 Å². The summed E-state index contributed by atoms with van der Waals surface area (Å²) in [7, 11) is 0. The molecule has 0 spiro atoms. The maximum Gasteiger partial charge on any atom is 0.119 e. The van der Waals surface area contributed by atoms with Crippen LogP contribution in [-0.2, 0) is 13.1 Å². The number of para-hydroxylation sites is 4. The van der Waals surface area contributed by atoms with Gasteiger partial charge in [0.15, 0.2) is 0 Å². The molecule has 0 radical (unpaired) electrons. The van der Waals surface area contributed by atoms with Crippen LogP contribution >= 0.6 is 0 Å². The third-order valence-electron chi connectivity index (χ3n) is 6.19. The molecular formula is C28H30N4O4. The van der Waals surface area contributed by atoms with Gasteiger partial charge in [0.25, 0.3) is 0 Å². The average Bonchev–Trinajstić information content (AvgIpc) is 3.37. The Labute approximate surface area is 209 Å². The van der Waals surface area contributed by atoms with Gasteiger partial charge in [-0.15, -0.1) is 0 Å². The molecule has 0 aliphatic rings. The molecule has 0 unspecified atom stereocenters. The number of nitrogens with zero attached hydrogens (tertiary/aromatic N) is 4. The molecule has 5 rings (SSSR count). The number of imidazole rings is 2. The lowest BCUT2D eigenvalue weighted by Gasteiger charge is -2.16. The molecular weight excluding hydrogens is 456 g/mol. The van der Waals surface area contributed by atoms with E-state index in [1.54, 1.807) is 24.3 Å². The topological polar surface area (TPSA) is 94.6 Å². The minimum Gasteiger partial charge on any atom is -0.491 e. The van der Waals surface area contributed by atoms with Crippen LogP contribution in [-0.4, -0.2) is 54.7 Å². The van der Waals surface area contributed by atoms with Gasteiger partial charge in [-0.05, 0) is 62.4 Å². The highest BCUT2D eigenvalue weighted by molar-refractivity contribution is 5.76. The van der Waals surface area contributed by atoms with Crippen LogP contribution in [0.25, 0.3) is 22.1 Å². The molecule has 2 heterocycles. The zero-order valence-corrected chi connectivity index (χ0v) is 20.4. The molecule has 8 nitrogen and oxygen atoms in total. The van der Waals surface area contributed by atoms with Crippen molar-refractivity contribution in [2.45, 2.75) is 39.1 Å². The highest BCUT2D eigenvalue weighted by Gasteiger charge is 2.14. The van der Waals surface area contributed by atoms with Crippen LogP contribution in [0.3, 0.4) is 0 Å². The highest BCUT2D eigenvalue weighted by Crippen LogP contribution is 2.20. The number of aromatic nitrogens is 4. The Morgan fingerprint density at radius 2 is 1.03 bits per heavy atom. The molecule has 5 aromatic rings. The van der Waals surface area contributed by atoms with Crippen LogP contribution in [0.2, 0.25) is 0 Å². The van der Waals surface area contributed by atoms with E-state index in [-0.39, 0.29) is 13.2 Å². The first-order chi connectivity index (χ1) is 17.5. The van der Waals surface area contributed by atoms with Gasteiger partial charge in [-0.3, -0.25) is 0 Å². The van der Waals surface area contributed by atoms with Gasteiger partial charge in [-0.2, -0.15) is 0 Å². The van der Waals surface area contributed by atoms with Crippen LogP contribution in [0, 0.1) is 13.8 Å². The number of benzene rings is 3. The second kappa shape index (κ2) is 10.4. The fourth-order valence-electron chi connectivity index (χ4n) is 4.40. The van der Waals surface area contributed by atoms with E-state index in [4.69, 9.17) is 9.47 Å². The van der Waals surface area contributed by atoms with E-state index in [0.29, 0.717) is 24.6 Å². The second-order valence-corrected chi connectivity index (χ2v) is 8.92. The fourth-order valence-corrected chi connectivity index (χ4v) is 4.40. The molecule has 0 bridgehead atoms. The SMILES string of the molecule is Cc1nc2ccccc2n1C[C@H](O)COc1ccc(OC[C@@H](O)Cn2c(C)nc3ccccc32)cc1. The predicted molar refractivity (Wildman–Crippen MR) is 138 cm³/mol. The van der Waals surface area contributed by atoms with Gasteiger partial charge in [0.05, 0.1) is 35.2 Å². The summed E-state index contributed by atoms with van der Waals surface area (Å²) in [5.41, 5.74) is 3.82. The van der Waals surface area contributed by atoms with Crippen molar-refractivity contribution in [3.8, 4) is 11.5 Å². The number of hydrogen-bond acceptors (Lipinski definition) is 6. The van der Waals surface area contributed by atoms with Crippen molar-refractivity contribution in [3.63, 3.8) is 0 Å². The molecule has 0 saturated carbocycles. The summed E-state index contributed by atoms with van der Waals surface area (Å²) < 4.78 is 15.5. The lowest BCUT2D eigenvalue weighted by atomic mass is 10.3. The summed E-state index contributed by atoms with van der Waals surface area (Å²) in [6, 6.07) is 22.9. The van der Waals surface area contributed by atoms with Crippen molar-refractivity contribution in [2.75, 3.05) is 13.2 Å². The van der Waals surface area contributed by atoms with Crippen molar-refractivity contribution in [3.05, 3.63) is 84.4 Å².